The van der Waals surface area contributed by atoms with E-state index in [1.54, 1.807) is 18.0 Å². The number of rotatable bonds is 6. The van der Waals surface area contributed by atoms with Gasteiger partial charge in [-0.2, -0.15) is 9.78 Å². The molecule has 0 bridgehead atoms. The van der Waals surface area contributed by atoms with Crippen LogP contribution in [0.15, 0.2) is 115 Å². The summed E-state index contributed by atoms with van der Waals surface area (Å²) in [4.78, 5) is 22.1. The van der Waals surface area contributed by atoms with Crippen molar-refractivity contribution in [1.29, 1.82) is 0 Å². The first kappa shape index (κ1) is 23.7. The summed E-state index contributed by atoms with van der Waals surface area (Å²) in [6.45, 7) is 0. The van der Waals surface area contributed by atoms with Gasteiger partial charge in [0.05, 0.1) is 30.1 Å². The first-order chi connectivity index (χ1) is 19.7. The Morgan fingerprint density at radius 2 is 1.60 bits per heavy atom. The Morgan fingerprint density at radius 1 is 0.875 bits per heavy atom. The minimum absolute atomic E-state index is 0.198. The molecule has 0 saturated carbocycles. The second kappa shape index (κ2) is 9.71. The summed E-state index contributed by atoms with van der Waals surface area (Å²) in [5.74, 6) is 1.19. The number of aromatic amines is 1. The molecule has 7 nitrogen and oxygen atoms in total. The largest absolute Gasteiger partial charge is 0.497 e. The molecule has 0 unspecified atom stereocenters. The fourth-order valence-corrected chi connectivity index (χ4v) is 5.32. The summed E-state index contributed by atoms with van der Waals surface area (Å²) in [5.41, 5.74) is 7.56. The van der Waals surface area contributed by atoms with Gasteiger partial charge in [-0.05, 0) is 35.4 Å². The van der Waals surface area contributed by atoms with Gasteiger partial charge in [-0.15, -0.1) is 0 Å². The molecule has 7 heteroatoms. The summed E-state index contributed by atoms with van der Waals surface area (Å²) >= 11 is 0. The number of nitrogens with one attached hydrogen (secondary N) is 2. The van der Waals surface area contributed by atoms with Crippen LogP contribution in [0, 0.1) is 0 Å². The van der Waals surface area contributed by atoms with Crippen molar-refractivity contribution < 1.29 is 9.53 Å². The molecule has 0 saturated heterocycles. The number of hydrogen-bond donors (Lipinski definition) is 2. The molecule has 3 aromatic heterocycles. The Hall–Kier alpha value is -5.43. The van der Waals surface area contributed by atoms with Crippen molar-refractivity contribution in [2.24, 2.45) is 0 Å². The number of aromatic nitrogens is 4. The maximum Gasteiger partial charge on any atom is 0.280 e. The maximum absolute atomic E-state index is 14.3. The van der Waals surface area contributed by atoms with Gasteiger partial charge in [0, 0.05) is 34.8 Å². The predicted molar refractivity (Wildman–Crippen MR) is 157 cm³/mol. The van der Waals surface area contributed by atoms with Crippen molar-refractivity contribution in [2.75, 3.05) is 12.4 Å². The minimum atomic E-state index is -0.198. The van der Waals surface area contributed by atoms with Crippen LogP contribution in [0.4, 0.5) is 5.82 Å². The van der Waals surface area contributed by atoms with Crippen LogP contribution in [-0.2, 0) is 6.42 Å². The lowest BCUT2D eigenvalue weighted by Crippen LogP contribution is -2.26. The van der Waals surface area contributed by atoms with Crippen molar-refractivity contribution in [2.45, 2.75) is 6.42 Å². The van der Waals surface area contributed by atoms with E-state index in [2.05, 4.69) is 27.4 Å². The lowest BCUT2D eigenvalue weighted by Gasteiger charge is -2.23. The maximum atomic E-state index is 14.3. The van der Waals surface area contributed by atoms with Gasteiger partial charge >= 0.3 is 0 Å². The van der Waals surface area contributed by atoms with Gasteiger partial charge in [-0.1, -0.05) is 72.8 Å². The van der Waals surface area contributed by atoms with Crippen molar-refractivity contribution in [1.82, 2.24) is 19.7 Å². The zero-order valence-corrected chi connectivity index (χ0v) is 21.8. The van der Waals surface area contributed by atoms with E-state index >= 15 is 0 Å². The highest BCUT2D eigenvalue weighted by atomic mass is 16.5. The lowest BCUT2D eigenvalue weighted by atomic mass is 9.92. The molecule has 194 valence electrons. The molecule has 7 rings (SSSR count). The van der Waals surface area contributed by atoms with Crippen LogP contribution < -0.4 is 10.1 Å². The molecule has 0 atom stereocenters. The van der Waals surface area contributed by atoms with E-state index in [-0.39, 0.29) is 5.91 Å². The van der Waals surface area contributed by atoms with E-state index in [4.69, 9.17) is 9.84 Å². The third-order valence-corrected chi connectivity index (χ3v) is 7.24. The molecule has 6 aromatic rings. The minimum Gasteiger partial charge on any atom is -0.497 e. The molecule has 4 heterocycles. The number of carbonyl (C=O) groups is 1. The number of fused-ring (bicyclic) bond motifs is 2. The molecule has 0 spiro atoms. The summed E-state index contributed by atoms with van der Waals surface area (Å²) in [5, 5.41) is 9.46. The standard InChI is InChI=1S/C33H25N5O2/c1-40-25-14-12-22(13-15-25)30-26(36-29-18-24-16-17-34-27(24)20-35-29)19-28-31(21-8-4-2-5-9-21)32(37-38(28)33(30)39)23-10-6-3-7-11-23/h2-18,20,34H,19H2,1H3,(H,35,36). The number of methoxy groups -OCH3 is 1. The van der Waals surface area contributed by atoms with Crippen LogP contribution in [-0.4, -0.2) is 32.8 Å². The summed E-state index contributed by atoms with van der Waals surface area (Å²) < 4.78 is 6.93. The monoisotopic (exact) mass is 523 g/mol. The molecule has 0 amide bonds. The lowest BCUT2D eigenvalue weighted by molar-refractivity contribution is 0.0958. The molecular formula is C33H25N5O2. The second-order valence-corrected chi connectivity index (χ2v) is 9.64. The van der Waals surface area contributed by atoms with E-state index in [0.29, 0.717) is 17.8 Å². The van der Waals surface area contributed by atoms with Gasteiger partial charge < -0.3 is 15.0 Å². The van der Waals surface area contributed by atoms with E-state index < -0.39 is 0 Å². The fourth-order valence-electron chi connectivity index (χ4n) is 5.32. The number of H-pyrrole nitrogens is 1. The molecule has 0 radical (unpaired) electrons. The zero-order chi connectivity index (χ0) is 27.1. The number of nitrogens with zero attached hydrogens (tertiary/aromatic N) is 3. The highest BCUT2D eigenvalue weighted by molar-refractivity contribution is 6.23. The smallest absolute Gasteiger partial charge is 0.280 e. The van der Waals surface area contributed by atoms with Crippen LogP contribution in [0.25, 0.3) is 38.9 Å². The van der Waals surface area contributed by atoms with Crippen LogP contribution >= 0.6 is 0 Å². The number of hydrogen-bond acceptors (Lipinski definition) is 5. The quantitative estimate of drug-likeness (QED) is 0.250. The number of benzene rings is 3. The van der Waals surface area contributed by atoms with E-state index in [0.717, 1.165) is 56.0 Å². The number of pyridine rings is 1. The summed E-state index contributed by atoms with van der Waals surface area (Å²) in [6, 6.07) is 31.6. The molecular weight excluding hydrogens is 498 g/mol. The Morgan fingerprint density at radius 3 is 2.33 bits per heavy atom. The highest BCUT2D eigenvalue weighted by Crippen LogP contribution is 2.40. The first-order valence-electron chi connectivity index (χ1n) is 13.0. The van der Waals surface area contributed by atoms with Crippen molar-refractivity contribution in [3.63, 3.8) is 0 Å². The molecule has 2 N–H and O–H groups in total. The number of anilines is 1. The Bertz CT molecular complexity index is 1880. The van der Waals surface area contributed by atoms with Gasteiger partial charge in [0.25, 0.3) is 5.91 Å². The first-order valence-corrected chi connectivity index (χ1v) is 13.0. The van der Waals surface area contributed by atoms with Crippen LogP contribution in [0.3, 0.4) is 0 Å². The molecule has 0 aliphatic carbocycles. The SMILES string of the molecule is COc1ccc(C2=C(Nc3cc4cc[nH]c4cn3)Cc3c(-c4ccccc4)c(-c4ccccc4)nn3C2=O)cc1. The van der Waals surface area contributed by atoms with E-state index in [1.165, 1.54) is 0 Å². The molecule has 1 aliphatic heterocycles. The predicted octanol–water partition coefficient (Wildman–Crippen LogP) is 6.82. The molecule has 1 aliphatic rings. The van der Waals surface area contributed by atoms with Gasteiger partial charge in [0.15, 0.2) is 0 Å². The Kier molecular flexibility index (Phi) is 5.74. The van der Waals surface area contributed by atoms with Gasteiger partial charge in [-0.25, -0.2) is 4.98 Å². The molecule has 0 fully saturated rings. The molecule has 40 heavy (non-hydrogen) atoms. The van der Waals surface area contributed by atoms with Crippen LogP contribution in [0.2, 0.25) is 0 Å². The topological polar surface area (TPSA) is 84.8 Å². The highest BCUT2D eigenvalue weighted by Gasteiger charge is 2.33. The Balaban J connectivity index is 1.42. The van der Waals surface area contributed by atoms with Crippen molar-refractivity contribution in [3.8, 4) is 28.1 Å². The molecule has 3 aromatic carbocycles. The normalized spacial score (nSPS) is 13.0. The zero-order valence-electron chi connectivity index (χ0n) is 21.8. The second-order valence-electron chi connectivity index (χ2n) is 9.64. The number of carbonyl (C=O) groups excluding carboxylic acids is 1. The van der Waals surface area contributed by atoms with Gasteiger partial charge in [0.2, 0.25) is 0 Å². The van der Waals surface area contributed by atoms with Crippen LogP contribution in [0.5, 0.6) is 5.75 Å². The van der Waals surface area contributed by atoms with E-state index in [9.17, 15) is 4.79 Å². The van der Waals surface area contributed by atoms with Crippen molar-refractivity contribution >= 4 is 28.2 Å². The number of allylic oxidation sites excluding steroid dienone is 2. The Labute approximate surface area is 230 Å². The number of ether oxygens (including phenoxy) is 1. The fraction of sp³-hybridized carbons (Fsp3) is 0.0606. The third-order valence-electron chi connectivity index (χ3n) is 7.24. The van der Waals surface area contributed by atoms with Crippen molar-refractivity contribution in [3.05, 3.63) is 126 Å². The third kappa shape index (κ3) is 4.05. The van der Waals surface area contributed by atoms with Crippen LogP contribution in [0.1, 0.15) is 16.1 Å². The van der Waals surface area contributed by atoms with E-state index in [1.807, 2.05) is 91.1 Å². The summed E-state index contributed by atoms with van der Waals surface area (Å²) in [6.07, 6.45) is 4.14. The average molecular weight is 524 g/mol. The average Bonchev–Trinajstić information content (AvgIpc) is 3.63. The summed E-state index contributed by atoms with van der Waals surface area (Å²) in [7, 11) is 1.63. The van der Waals surface area contributed by atoms with Gasteiger partial charge in [-0.3, -0.25) is 4.79 Å². The van der Waals surface area contributed by atoms with Gasteiger partial charge in [0.1, 0.15) is 17.3 Å².